The first-order valence-electron chi connectivity index (χ1n) is 5.10. The molecule has 1 atom stereocenters. The zero-order chi connectivity index (χ0) is 12.2. The summed E-state index contributed by atoms with van der Waals surface area (Å²) >= 11 is 3.20. The molecule has 0 fully saturated rings. The Morgan fingerprint density at radius 3 is 2.75 bits per heavy atom. The summed E-state index contributed by atoms with van der Waals surface area (Å²) in [5, 5.41) is 10.0. The van der Waals surface area contributed by atoms with Gasteiger partial charge in [0.2, 0.25) is 0 Å². The van der Waals surface area contributed by atoms with Crippen LogP contribution >= 0.6 is 15.9 Å². The number of ether oxygens (including phenoxy) is 1. The van der Waals surface area contributed by atoms with E-state index in [1.807, 2.05) is 0 Å². The van der Waals surface area contributed by atoms with E-state index in [-0.39, 0.29) is 12.2 Å². The van der Waals surface area contributed by atoms with Crippen molar-refractivity contribution < 1.29 is 14.2 Å². The maximum Gasteiger partial charge on any atom is 0.127 e. The smallest absolute Gasteiger partial charge is 0.127 e. The molecule has 1 aromatic rings. The van der Waals surface area contributed by atoms with Crippen LogP contribution in [-0.4, -0.2) is 24.4 Å². The third kappa shape index (κ3) is 4.20. The maximum absolute atomic E-state index is 13.5. The molecule has 0 aliphatic carbocycles. The monoisotopic (exact) mass is 290 g/mol. The lowest BCUT2D eigenvalue weighted by molar-refractivity contribution is 0.0243. The van der Waals surface area contributed by atoms with Gasteiger partial charge in [-0.3, -0.25) is 0 Å². The molecule has 0 saturated heterocycles. The number of hydrogen-bond acceptors (Lipinski definition) is 2. The average molecular weight is 291 g/mol. The van der Waals surface area contributed by atoms with Gasteiger partial charge in [0, 0.05) is 24.6 Å². The molecule has 2 nitrogen and oxygen atoms in total. The van der Waals surface area contributed by atoms with Crippen molar-refractivity contribution in [2.24, 2.45) is 0 Å². The molecule has 1 rings (SSSR count). The molecule has 0 bridgehead atoms. The first-order valence-corrected chi connectivity index (χ1v) is 5.89. The molecule has 0 amide bonds. The Hall–Kier alpha value is -0.450. The summed E-state index contributed by atoms with van der Waals surface area (Å²) in [6.45, 7) is 2.15. The van der Waals surface area contributed by atoms with E-state index in [1.165, 1.54) is 6.07 Å². The number of rotatable bonds is 5. The number of halogens is 2. The highest BCUT2D eigenvalue weighted by Crippen LogP contribution is 2.21. The first-order chi connectivity index (χ1) is 7.44. The average Bonchev–Trinajstić information content (AvgIpc) is 2.19. The molecule has 1 unspecified atom stereocenters. The SMILES string of the molecule is COCCC(C)(O)Cc1ccc(Br)cc1F. The molecule has 4 heteroatoms. The molecule has 0 aromatic heterocycles. The molecule has 0 spiro atoms. The standard InChI is InChI=1S/C12H16BrFO2/c1-12(15,5-6-16-2)8-9-3-4-10(13)7-11(9)14/h3-4,7,15H,5-6,8H2,1-2H3. The molecule has 0 heterocycles. The molecule has 0 aliphatic heterocycles. The highest BCUT2D eigenvalue weighted by Gasteiger charge is 2.22. The Kier molecular flexibility index (Phi) is 4.89. The Balaban J connectivity index is 2.71. The number of benzene rings is 1. The van der Waals surface area contributed by atoms with E-state index in [9.17, 15) is 9.50 Å². The lowest BCUT2D eigenvalue weighted by atomic mass is 9.93. The quantitative estimate of drug-likeness (QED) is 0.904. The van der Waals surface area contributed by atoms with Crippen LogP contribution in [0.1, 0.15) is 18.9 Å². The minimum Gasteiger partial charge on any atom is -0.390 e. The number of aliphatic hydroxyl groups is 1. The Morgan fingerprint density at radius 1 is 1.50 bits per heavy atom. The Bertz CT molecular complexity index is 353. The van der Waals surface area contributed by atoms with Gasteiger partial charge in [-0.25, -0.2) is 4.39 Å². The minimum absolute atomic E-state index is 0.287. The molecular formula is C12H16BrFO2. The van der Waals surface area contributed by atoms with Gasteiger partial charge >= 0.3 is 0 Å². The van der Waals surface area contributed by atoms with E-state index >= 15 is 0 Å². The summed E-state index contributed by atoms with van der Waals surface area (Å²) in [5.74, 6) is -0.299. The first kappa shape index (κ1) is 13.6. The fourth-order valence-electron chi connectivity index (χ4n) is 1.49. The van der Waals surface area contributed by atoms with Crippen molar-refractivity contribution >= 4 is 15.9 Å². The van der Waals surface area contributed by atoms with Gasteiger partial charge < -0.3 is 9.84 Å². The zero-order valence-corrected chi connectivity index (χ0v) is 11.1. The lowest BCUT2D eigenvalue weighted by Crippen LogP contribution is -2.29. The van der Waals surface area contributed by atoms with Crippen LogP contribution in [0.3, 0.4) is 0 Å². The molecule has 0 aliphatic rings. The largest absolute Gasteiger partial charge is 0.390 e. The van der Waals surface area contributed by atoms with Crippen molar-refractivity contribution in [2.45, 2.75) is 25.4 Å². The predicted molar refractivity (Wildman–Crippen MR) is 64.9 cm³/mol. The third-order valence-electron chi connectivity index (χ3n) is 2.43. The van der Waals surface area contributed by atoms with Crippen molar-refractivity contribution in [2.75, 3.05) is 13.7 Å². The molecule has 16 heavy (non-hydrogen) atoms. The fraction of sp³-hybridized carbons (Fsp3) is 0.500. The van der Waals surface area contributed by atoms with Crippen molar-refractivity contribution in [1.29, 1.82) is 0 Å². The Morgan fingerprint density at radius 2 is 2.19 bits per heavy atom. The van der Waals surface area contributed by atoms with E-state index < -0.39 is 5.60 Å². The molecule has 1 aromatic carbocycles. The third-order valence-corrected chi connectivity index (χ3v) is 2.92. The van der Waals surface area contributed by atoms with Gasteiger partial charge in [0.05, 0.1) is 5.60 Å². The normalized spacial score (nSPS) is 14.8. The van der Waals surface area contributed by atoms with Gasteiger partial charge in [0.15, 0.2) is 0 Å². The topological polar surface area (TPSA) is 29.5 Å². The highest BCUT2D eigenvalue weighted by molar-refractivity contribution is 9.10. The summed E-state index contributed by atoms with van der Waals surface area (Å²) < 4.78 is 19.1. The van der Waals surface area contributed by atoms with Crippen LogP contribution in [0, 0.1) is 5.82 Å². The van der Waals surface area contributed by atoms with Crippen LogP contribution in [-0.2, 0) is 11.2 Å². The second kappa shape index (κ2) is 5.75. The molecule has 0 saturated carbocycles. The van der Waals surface area contributed by atoms with Crippen LogP contribution in [0.25, 0.3) is 0 Å². The summed E-state index contributed by atoms with van der Waals surface area (Å²) in [5.41, 5.74) is -0.422. The van der Waals surface area contributed by atoms with Crippen molar-refractivity contribution in [1.82, 2.24) is 0 Å². The van der Waals surface area contributed by atoms with Gasteiger partial charge in [0.1, 0.15) is 5.82 Å². The van der Waals surface area contributed by atoms with E-state index in [1.54, 1.807) is 26.2 Å². The molecular weight excluding hydrogens is 275 g/mol. The van der Waals surface area contributed by atoms with Crippen molar-refractivity contribution in [3.63, 3.8) is 0 Å². The van der Waals surface area contributed by atoms with Crippen LogP contribution in [0.2, 0.25) is 0 Å². The van der Waals surface area contributed by atoms with Crippen LogP contribution in [0.5, 0.6) is 0 Å². The Labute approximate surface area is 104 Å². The van der Waals surface area contributed by atoms with E-state index in [2.05, 4.69) is 15.9 Å². The van der Waals surface area contributed by atoms with Crippen molar-refractivity contribution in [3.8, 4) is 0 Å². The highest BCUT2D eigenvalue weighted by atomic mass is 79.9. The summed E-state index contributed by atoms with van der Waals surface area (Å²) in [4.78, 5) is 0. The van der Waals surface area contributed by atoms with Crippen molar-refractivity contribution in [3.05, 3.63) is 34.1 Å². The molecule has 90 valence electrons. The zero-order valence-electron chi connectivity index (χ0n) is 9.46. The van der Waals surface area contributed by atoms with Gasteiger partial charge in [-0.15, -0.1) is 0 Å². The summed E-state index contributed by atoms with van der Waals surface area (Å²) in [6, 6.07) is 4.85. The number of hydrogen-bond donors (Lipinski definition) is 1. The maximum atomic E-state index is 13.5. The predicted octanol–water partition coefficient (Wildman–Crippen LogP) is 2.92. The van der Waals surface area contributed by atoms with Crippen LogP contribution in [0.15, 0.2) is 22.7 Å². The van der Waals surface area contributed by atoms with Gasteiger partial charge in [-0.1, -0.05) is 22.0 Å². The number of methoxy groups -OCH3 is 1. The summed E-state index contributed by atoms with van der Waals surface area (Å²) in [7, 11) is 1.58. The van der Waals surface area contributed by atoms with Crippen LogP contribution in [0.4, 0.5) is 4.39 Å². The second-order valence-electron chi connectivity index (χ2n) is 4.15. The van der Waals surface area contributed by atoms with E-state index in [0.29, 0.717) is 23.1 Å². The molecule has 0 radical (unpaired) electrons. The minimum atomic E-state index is -0.940. The van der Waals surface area contributed by atoms with Gasteiger partial charge in [-0.2, -0.15) is 0 Å². The van der Waals surface area contributed by atoms with E-state index in [0.717, 1.165) is 0 Å². The lowest BCUT2D eigenvalue weighted by Gasteiger charge is -2.23. The van der Waals surface area contributed by atoms with Gasteiger partial charge in [0.25, 0.3) is 0 Å². The summed E-state index contributed by atoms with van der Waals surface area (Å²) in [6.07, 6.45) is 0.772. The molecule has 1 N–H and O–H groups in total. The van der Waals surface area contributed by atoms with E-state index in [4.69, 9.17) is 4.74 Å². The van der Waals surface area contributed by atoms with Gasteiger partial charge in [-0.05, 0) is 31.0 Å². The second-order valence-corrected chi connectivity index (χ2v) is 5.07. The van der Waals surface area contributed by atoms with Crippen LogP contribution < -0.4 is 0 Å². The fourth-order valence-corrected chi connectivity index (χ4v) is 1.82.